The fraction of sp³-hybridized carbons (Fsp3) is 0.821. The maximum absolute atomic E-state index is 13.8. The molecule has 8 heterocycles. The highest BCUT2D eigenvalue weighted by Gasteiger charge is 2.72. The Hall–Kier alpha value is -1.28. The van der Waals surface area contributed by atoms with Crippen LogP contribution in [0.25, 0.3) is 0 Å². The summed E-state index contributed by atoms with van der Waals surface area (Å²) in [7, 11) is 0. The predicted octanol–water partition coefficient (Wildman–Crippen LogP) is 8.18. The highest BCUT2D eigenvalue weighted by molar-refractivity contribution is 8.13. The topological polar surface area (TPSA) is 100 Å². The second kappa shape index (κ2) is 12.4. The van der Waals surface area contributed by atoms with Gasteiger partial charge in [-0.3, -0.25) is 0 Å². The third-order valence-corrected chi connectivity index (χ3v) is 15.3. The van der Waals surface area contributed by atoms with Gasteiger partial charge in [-0.05, 0) is 112 Å². The van der Waals surface area contributed by atoms with Gasteiger partial charge in [0.05, 0.1) is 6.10 Å². The van der Waals surface area contributed by atoms with Gasteiger partial charge in [-0.2, -0.15) is 0 Å². The first-order chi connectivity index (χ1) is 23.9. The zero-order valence-electron chi connectivity index (χ0n) is 30.2. The molecule has 2 aliphatic carbocycles. The molecule has 0 N–H and O–H groups in total. The van der Waals surface area contributed by atoms with Gasteiger partial charge in [0.15, 0.2) is 23.8 Å². The number of carbonyl (C=O) groups is 1. The molecule has 0 radical (unpaired) electrons. The van der Waals surface area contributed by atoms with E-state index in [0.717, 1.165) is 68.0 Å². The Morgan fingerprint density at radius 2 is 1.30 bits per heavy atom. The van der Waals surface area contributed by atoms with Gasteiger partial charge in [-0.1, -0.05) is 45.9 Å². The van der Waals surface area contributed by atoms with E-state index in [-0.39, 0.29) is 46.9 Å². The number of fused-ring (bicyclic) bond motifs is 4. The summed E-state index contributed by atoms with van der Waals surface area (Å²) in [5, 5.41) is -0.359. The minimum atomic E-state index is -0.893. The average molecular weight is 715 g/mol. The molecule has 17 atom stereocenters. The lowest BCUT2D eigenvalue weighted by molar-refractivity contribution is -0.573. The summed E-state index contributed by atoms with van der Waals surface area (Å²) in [4.78, 5) is 39.7. The van der Waals surface area contributed by atoms with Gasteiger partial charge in [0, 0.05) is 36.0 Å². The highest BCUT2D eigenvalue weighted by atomic mass is 32.2. The van der Waals surface area contributed by atoms with Crippen LogP contribution < -0.4 is 0 Å². The Morgan fingerprint density at radius 3 is 1.90 bits per heavy atom. The van der Waals surface area contributed by atoms with Crippen LogP contribution in [0.5, 0.6) is 0 Å². The lowest BCUT2D eigenvalue weighted by atomic mass is 9.56. The van der Waals surface area contributed by atoms with E-state index >= 15 is 0 Å². The van der Waals surface area contributed by atoms with Gasteiger partial charge in [-0.25, -0.2) is 24.3 Å². The summed E-state index contributed by atoms with van der Waals surface area (Å²) in [6, 6.07) is 9.65. The maximum Gasteiger partial charge on any atom is 0.372 e. The van der Waals surface area contributed by atoms with Crippen LogP contribution in [0.2, 0.25) is 0 Å². The molecule has 50 heavy (non-hydrogen) atoms. The highest BCUT2D eigenvalue weighted by Crippen LogP contribution is 2.63. The van der Waals surface area contributed by atoms with Crippen LogP contribution in [0.3, 0.4) is 0 Å². The van der Waals surface area contributed by atoms with Crippen LogP contribution in [-0.4, -0.2) is 59.0 Å². The number of benzene rings is 1. The number of hydrogen-bond acceptors (Lipinski definition) is 11. The molecule has 11 rings (SSSR count). The van der Waals surface area contributed by atoms with Gasteiger partial charge in [0.2, 0.25) is 11.6 Å². The van der Waals surface area contributed by atoms with Crippen LogP contribution in [0.15, 0.2) is 35.2 Å². The van der Waals surface area contributed by atoms with Crippen LogP contribution in [0, 0.1) is 47.3 Å². The Bertz CT molecular complexity index is 1450. The minimum Gasteiger partial charge on any atom is -0.451 e. The minimum absolute atomic E-state index is 0.00127. The molecule has 4 bridgehead atoms. The van der Waals surface area contributed by atoms with E-state index in [1.54, 1.807) is 0 Å². The second-order valence-corrected chi connectivity index (χ2v) is 18.4. The van der Waals surface area contributed by atoms with Gasteiger partial charge >= 0.3 is 5.30 Å². The normalized spacial score (nSPS) is 52.6. The first-order valence-electron chi connectivity index (χ1n) is 19.3. The zero-order valence-corrected chi connectivity index (χ0v) is 31.1. The molecule has 0 aromatic heterocycles. The third kappa shape index (κ3) is 5.22. The molecule has 276 valence electrons. The molecule has 2 unspecified atom stereocenters. The SMILES string of the molecule is C[C@H]1[C@@H]([C@H](C[C@H]2O[C@@H]3OC4(C)CC[C@H]5[C@H](C)CC[C@@H]([C@H]2C)[C@@]35OO4)OC(=O)Sc2ccccc2)O[C@@H]2OC3(C)CC[C@H]4[C@H](C)CC[C@@H]1[C@@]24OO3. The summed E-state index contributed by atoms with van der Waals surface area (Å²) in [5.41, 5.74) is -1.36. The molecule has 10 fully saturated rings. The van der Waals surface area contributed by atoms with Crippen molar-refractivity contribution in [2.24, 2.45) is 47.3 Å². The van der Waals surface area contributed by atoms with Crippen molar-refractivity contribution >= 4 is 17.1 Å². The number of hydrogen-bond donors (Lipinski definition) is 0. The number of thioether (sulfide) groups is 1. The van der Waals surface area contributed by atoms with E-state index in [9.17, 15) is 4.79 Å². The van der Waals surface area contributed by atoms with Crippen LogP contribution in [-0.2, 0) is 43.2 Å². The lowest BCUT2D eigenvalue weighted by Gasteiger charge is -2.62. The fourth-order valence-electron chi connectivity index (χ4n) is 11.8. The van der Waals surface area contributed by atoms with Crippen molar-refractivity contribution in [1.82, 2.24) is 0 Å². The quantitative estimate of drug-likeness (QED) is 0.168. The van der Waals surface area contributed by atoms with Crippen LogP contribution in [0.4, 0.5) is 4.79 Å². The Morgan fingerprint density at radius 1 is 0.740 bits per heavy atom. The molecule has 10 nitrogen and oxygen atoms in total. The number of rotatable bonds is 5. The first-order valence-corrected chi connectivity index (χ1v) is 20.1. The summed E-state index contributed by atoms with van der Waals surface area (Å²) in [5.74, 6) is 0.0922. The standard InChI is InChI=1S/C39H54O10S/c1-21-12-14-28-23(3)30(41-33-38(28)26(21)16-18-36(5,44-33)46-48-38)20-31(42-35(40)50-25-10-8-7-9-11-25)32-24(4)29-15-13-22(2)27-17-19-37(6)45-34(43-32)39(27,29)49-47-37/h7-11,21-24,26-34H,12-20H2,1-6H3/t21-,22-,23-,24-,26+,27+,28+,29+,30-,31+,32+,33-,34-,36?,37?,38-,39-/m1/s1. The lowest BCUT2D eigenvalue weighted by Crippen LogP contribution is -2.72. The van der Waals surface area contributed by atoms with E-state index in [1.807, 2.05) is 44.2 Å². The molecule has 1 aromatic carbocycles. The van der Waals surface area contributed by atoms with Gasteiger partial charge in [0.25, 0.3) is 0 Å². The molecule has 11 heteroatoms. The second-order valence-electron chi connectivity index (χ2n) is 17.4. The Balaban J connectivity index is 1.05. The van der Waals surface area contributed by atoms with Gasteiger partial charge in [0.1, 0.15) is 12.2 Å². The van der Waals surface area contributed by atoms with E-state index in [0.29, 0.717) is 18.3 Å². The van der Waals surface area contributed by atoms with Crippen LogP contribution >= 0.6 is 11.8 Å². The molecule has 2 saturated carbocycles. The molecular weight excluding hydrogens is 660 g/mol. The van der Waals surface area contributed by atoms with Crippen molar-refractivity contribution in [3.63, 3.8) is 0 Å². The van der Waals surface area contributed by atoms with Crippen molar-refractivity contribution in [3.05, 3.63) is 30.3 Å². The van der Waals surface area contributed by atoms with Crippen molar-refractivity contribution < 1.29 is 48.0 Å². The van der Waals surface area contributed by atoms with E-state index in [2.05, 4.69) is 27.7 Å². The van der Waals surface area contributed by atoms with E-state index in [4.69, 9.17) is 43.2 Å². The monoisotopic (exact) mass is 714 g/mol. The Labute approximate surface area is 300 Å². The summed E-state index contributed by atoms with van der Waals surface area (Å²) >= 11 is 1.10. The molecule has 2 spiro atoms. The van der Waals surface area contributed by atoms with Crippen molar-refractivity contribution in [2.45, 2.75) is 158 Å². The molecule has 1 aromatic rings. The molecule has 0 amide bonds. The largest absolute Gasteiger partial charge is 0.451 e. The summed E-state index contributed by atoms with van der Waals surface area (Å²) in [6.07, 6.45) is 5.58. The first kappa shape index (κ1) is 34.5. The molecule has 10 aliphatic rings. The summed E-state index contributed by atoms with van der Waals surface area (Å²) in [6.45, 7) is 13.0. The van der Waals surface area contributed by atoms with Gasteiger partial charge < -0.3 is 23.7 Å². The third-order valence-electron chi connectivity index (χ3n) is 14.5. The summed E-state index contributed by atoms with van der Waals surface area (Å²) < 4.78 is 34.1. The maximum atomic E-state index is 13.8. The van der Waals surface area contributed by atoms with E-state index in [1.165, 1.54) is 0 Å². The Kier molecular flexibility index (Phi) is 8.54. The number of carbonyl (C=O) groups excluding carboxylic acids is 1. The average Bonchev–Trinajstić information content (AvgIpc) is 3.46. The van der Waals surface area contributed by atoms with Crippen molar-refractivity contribution in [1.29, 1.82) is 0 Å². The van der Waals surface area contributed by atoms with Crippen molar-refractivity contribution in [3.8, 4) is 0 Å². The molecule has 8 aliphatic heterocycles. The van der Waals surface area contributed by atoms with Crippen LogP contribution in [0.1, 0.15) is 99.3 Å². The zero-order chi connectivity index (χ0) is 34.6. The van der Waals surface area contributed by atoms with Gasteiger partial charge in [-0.15, -0.1) is 0 Å². The molecule has 8 saturated heterocycles. The van der Waals surface area contributed by atoms with E-state index < -0.39 is 47.6 Å². The molecular formula is C39H54O10S. The predicted molar refractivity (Wildman–Crippen MR) is 181 cm³/mol. The van der Waals surface area contributed by atoms with Crippen molar-refractivity contribution in [2.75, 3.05) is 0 Å². The smallest absolute Gasteiger partial charge is 0.372 e. The number of ether oxygens (including phenoxy) is 5. The fourth-order valence-corrected chi connectivity index (χ4v) is 12.5.